The molecule has 33 heavy (non-hydrogen) atoms. The zero-order valence-electron chi connectivity index (χ0n) is 21.2. The fraction of sp³-hybridized carbons (Fsp3) is 0.519. The van der Waals surface area contributed by atoms with Crippen LogP contribution < -0.4 is 20.9 Å². The number of carbonyl (C=O) groups is 1. The number of para-hydroxylation sites is 2. The molecule has 0 radical (unpaired) electrons. The van der Waals surface area contributed by atoms with E-state index < -0.39 is 5.60 Å². The summed E-state index contributed by atoms with van der Waals surface area (Å²) in [5.41, 5.74) is 7.55. The quantitative estimate of drug-likeness (QED) is 0.450. The van der Waals surface area contributed by atoms with E-state index >= 15 is 0 Å². The van der Waals surface area contributed by atoms with Gasteiger partial charge < -0.3 is 25.6 Å². The summed E-state index contributed by atoms with van der Waals surface area (Å²) < 4.78 is 5.19. The molecule has 0 unspecified atom stereocenters. The summed E-state index contributed by atoms with van der Waals surface area (Å²) in [6, 6.07) is 20.8. The summed E-state index contributed by atoms with van der Waals surface area (Å²) in [6.07, 6.45) is 1.60. The van der Waals surface area contributed by atoms with Crippen LogP contribution >= 0.6 is 0 Å². The first kappa shape index (κ1) is 28.3. The van der Waals surface area contributed by atoms with Gasteiger partial charge in [-0.25, -0.2) is 4.79 Å². The van der Waals surface area contributed by atoms with E-state index in [2.05, 4.69) is 65.4 Å². The summed E-state index contributed by atoms with van der Waals surface area (Å²) in [5, 5.41) is 2.78. The third-order valence-electron chi connectivity index (χ3n) is 4.91. The first-order chi connectivity index (χ1) is 15.8. The van der Waals surface area contributed by atoms with Crippen LogP contribution in [-0.2, 0) is 4.74 Å². The van der Waals surface area contributed by atoms with E-state index in [0.29, 0.717) is 6.54 Å². The molecule has 0 fully saturated rings. The van der Waals surface area contributed by atoms with Crippen LogP contribution in [0.15, 0.2) is 60.7 Å². The Labute approximate surface area is 201 Å². The minimum Gasteiger partial charge on any atom is -0.444 e. The van der Waals surface area contributed by atoms with Crippen molar-refractivity contribution in [1.82, 2.24) is 5.32 Å². The molecular formula is C27H44N4O2. The number of nitrogens with zero attached hydrogens (tertiary/aromatic N) is 2. The maximum absolute atomic E-state index is 11.5. The van der Waals surface area contributed by atoms with Gasteiger partial charge in [-0.3, -0.25) is 0 Å². The summed E-state index contributed by atoms with van der Waals surface area (Å²) in [7, 11) is 0. The second kappa shape index (κ2) is 16.0. The third kappa shape index (κ3) is 12.8. The molecule has 2 aromatic carbocycles. The van der Waals surface area contributed by atoms with E-state index in [1.807, 2.05) is 45.0 Å². The van der Waals surface area contributed by atoms with Gasteiger partial charge in [0.15, 0.2) is 0 Å². The van der Waals surface area contributed by atoms with Crippen LogP contribution in [0.4, 0.5) is 16.2 Å². The standard InChI is InChI=1S/C16H26N2O2.C11H18N2/c1-5-18(14-10-7-6-8-11-14)13-9-12-17-15(19)20-16(2,3)4;1-2-13(10-6-9-12)11-7-4-3-5-8-11/h6-8,10-11H,5,9,12-13H2,1-4H3,(H,17,19);3-5,7-8H,2,6,9-10,12H2,1H3. The minimum atomic E-state index is -0.441. The number of amides is 1. The van der Waals surface area contributed by atoms with Crippen molar-refractivity contribution in [1.29, 1.82) is 0 Å². The Morgan fingerprint density at radius 2 is 1.30 bits per heavy atom. The van der Waals surface area contributed by atoms with Crippen LogP contribution in [-0.4, -0.2) is 51.0 Å². The Morgan fingerprint density at radius 1 is 0.848 bits per heavy atom. The summed E-state index contributed by atoms with van der Waals surface area (Å²) >= 11 is 0. The van der Waals surface area contributed by atoms with E-state index in [-0.39, 0.29) is 6.09 Å². The van der Waals surface area contributed by atoms with Crippen LogP contribution in [0.1, 0.15) is 47.5 Å². The molecule has 1 amide bonds. The van der Waals surface area contributed by atoms with Gasteiger partial charge in [0.25, 0.3) is 0 Å². The van der Waals surface area contributed by atoms with Crippen molar-refractivity contribution in [3.8, 4) is 0 Å². The normalized spacial score (nSPS) is 10.6. The van der Waals surface area contributed by atoms with Gasteiger partial charge in [0, 0.05) is 44.1 Å². The fourth-order valence-corrected chi connectivity index (χ4v) is 3.27. The van der Waals surface area contributed by atoms with Crippen molar-refractivity contribution < 1.29 is 9.53 Å². The molecule has 2 rings (SSSR count). The number of anilines is 2. The lowest BCUT2D eigenvalue weighted by Crippen LogP contribution is -2.34. The number of nitrogens with one attached hydrogen (secondary N) is 1. The van der Waals surface area contributed by atoms with Crippen molar-refractivity contribution in [2.75, 3.05) is 49.1 Å². The maximum atomic E-state index is 11.5. The van der Waals surface area contributed by atoms with Crippen LogP contribution in [0.25, 0.3) is 0 Å². The lowest BCUT2D eigenvalue weighted by Gasteiger charge is -2.23. The molecule has 0 spiro atoms. The molecule has 2 aromatic rings. The number of alkyl carbamates (subject to hydrolysis) is 1. The van der Waals surface area contributed by atoms with Crippen LogP contribution in [0, 0.1) is 0 Å². The van der Waals surface area contributed by atoms with Gasteiger partial charge in [-0.2, -0.15) is 0 Å². The molecule has 0 saturated heterocycles. The second-order valence-corrected chi connectivity index (χ2v) is 8.75. The van der Waals surface area contributed by atoms with Gasteiger partial charge in [-0.15, -0.1) is 0 Å². The Hall–Kier alpha value is -2.73. The number of rotatable bonds is 11. The molecule has 3 N–H and O–H groups in total. The number of hydrogen-bond donors (Lipinski definition) is 2. The van der Waals surface area contributed by atoms with Gasteiger partial charge in [-0.05, 0) is 78.3 Å². The van der Waals surface area contributed by atoms with Crippen LogP contribution in [0.2, 0.25) is 0 Å². The highest BCUT2D eigenvalue weighted by atomic mass is 16.6. The minimum absolute atomic E-state index is 0.347. The van der Waals surface area contributed by atoms with E-state index in [0.717, 1.165) is 45.6 Å². The average molecular weight is 457 g/mol. The molecule has 6 nitrogen and oxygen atoms in total. The van der Waals surface area contributed by atoms with Crippen LogP contribution in [0.5, 0.6) is 0 Å². The van der Waals surface area contributed by atoms with Crippen molar-refractivity contribution in [3.05, 3.63) is 60.7 Å². The zero-order valence-corrected chi connectivity index (χ0v) is 21.2. The number of benzene rings is 2. The van der Waals surface area contributed by atoms with E-state index in [9.17, 15) is 4.79 Å². The molecule has 6 heteroatoms. The van der Waals surface area contributed by atoms with Gasteiger partial charge in [0.2, 0.25) is 0 Å². The Morgan fingerprint density at radius 3 is 1.70 bits per heavy atom. The molecule has 0 aliphatic carbocycles. The SMILES string of the molecule is CCN(CCCN)c1ccccc1.CCN(CCCNC(=O)OC(C)(C)C)c1ccccc1. The highest BCUT2D eigenvalue weighted by Gasteiger charge is 2.15. The molecule has 0 saturated carbocycles. The molecule has 184 valence electrons. The van der Waals surface area contributed by atoms with Gasteiger partial charge in [-0.1, -0.05) is 36.4 Å². The van der Waals surface area contributed by atoms with E-state index in [1.54, 1.807) is 0 Å². The predicted molar refractivity (Wildman–Crippen MR) is 141 cm³/mol. The molecule has 0 atom stereocenters. The van der Waals surface area contributed by atoms with E-state index in [4.69, 9.17) is 10.5 Å². The van der Waals surface area contributed by atoms with Gasteiger partial charge >= 0.3 is 6.09 Å². The van der Waals surface area contributed by atoms with Crippen molar-refractivity contribution >= 4 is 17.5 Å². The predicted octanol–water partition coefficient (Wildman–Crippen LogP) is 5.29. The number of hydrogen-bond acceptors (Lipinski definition) is 5. The topological polar surface area (TPSA) is 70.8 Å². The summed E-state index contributed by atoms with van der Waals surface area (Å²) in [5.74, 6) is 0. The monoisotopic (exact) mass is 456 g/mol. The number of nitrogens with two attached hydrogens (primary N) is 1. The zero-order chi connectivity index (χ0) is 24.5. The molecule has 0 aliphatic heterocycles. The van der Waals surface area contributed by atoms with Crippen molar-refractivity contribution in [3.63, 3.8) is 0 Å². The Bertz CT molecular complexity index is 748. The lowest BCUT2D eigenvalue weighted by atomic mass is 10.2. The first-order valence-electron chi connectivity index (χ1n) is 12.1. The van der Waals surface area contributed by atoms with Crippen LogP contribution in [0.3, 0.4) is 0 Å². The highest BCUT2D eigenvalue weighted by molar-refractivity contribution is 5.67. The molecule has 0 aliphatic rings. The first-order valence-corrected chi connectivity index (χ1v) is 12.1. The molecule has 0 bridgehead atoms. The van der Waals surface area contributed by atoms with Gasteiger partial charge in [0.05, 0.1) is 0 Å². The lowest BCUT2D eigenvalue weighted by molar-refractivity contribution is 0.0527. The molecule has 0 heterocycles. The average Bonchev–Trinajstić information content (AvgIpc) is 2.80. The largest absolute Gasteiger partial charge is 0.444 e. The molecular weight excluding hydrogens is 412 g/mol. The molecule has 0 aromatic heterocycles. The summed E-state index contributed by atoms with van der Waals surface area (Å²) in [4.78, 5) is 16.1. The van der Waals surface area contributed by atoms with Crippen molar-refractivity contribution in [2.24, 2.45) is 5.73 Å². The second-order valence-electron chi connectivity index (χ2n) is 8.75. The Kier molecular flexibility index (Phi) is 13.7. The third-order valence-corrected chi connectivity index (χ3v) is 4.91. The Balaban J connectivity index is 0.000000361. The van der Waals surface area contributed by atoms with Gasteiger partial charge in [0.1, 0.15) is 5.60 Å². The number of ether oxygens (including phenoxy) is 1. The fourth-order valence-electron chi connectivity index (χ4n) is 3.27. The summed E-state index contributed by atoms with van der Waals surface area (Å²) in [6.45, 7) is 15.2. The van der Waals surface area contributed by atoms with Crippen molar-refractivity contribution in [2.45, 2.75) is 53.1 Å². The van der Waals surface area contributed by atoms with E-state index in [1.165, 1.54) is 11.4 Å². The highest BCUT2D eigenvalue weighted by Crippen LogP contribution is 2.13. The smallest absolute Gasteiger partial charge is 0.407 e. The maximum Gasteiger partial charge on any atom is 0.407 e. The number of carbonyl (C=O) groups excluding carboxylic acids is 1.